The molecule has 0 fully saturated rings. The molecule has 0 bridgehead atoms. The van der Waals surface area contributed by atoms with Crippen LogP contribution in [0.3, 0.4) is 0 Å². The summed E-state index contributed by atoms with van der Waals surface area (Å²) in [6.07, 6.45) is 1.37. The van der Waals surface area contributed by atoms with Crippen LogP contribution in [0, 0.1) is 5.92 Å². The molecule has 0 saturated carbocycles. The van der Waals surface area contributed by atoms with Crippen molar-refractivity contribution in [2.45, 2.75) is 54.2 Å². The van der Waals surface area contributed by atoms with Crippen LogP contribution in [0.2, 0.25) is 14.8 Å². The first-order valence-corrected chi connectivity index (χ1v) is 17.3. The number of alkyl carbamates (subject to hydrolysis) is 1. The van der Waals surface area contributed by atoms with E-state index in [1.807, 2.05) is 6.08 Å². The molecule has 0 aliphatic heterocycles. The van der Waals surface area contributed by atoms with Gasteiger partial charge in [-0.1, -0.05) is 0 Å². The maximum atomic E-state index is 11.9. The molecule has 0 spiro atoms. The van der Waals surface area contributed by atoms with Gasteiger partial charge >= 0.3 is 132 Å². The molecule has 1 amide bonds. The molecule has 1 N–H and O–H groups in total. The first-order chi connectivity index (χ1) is 9.35. The molecule has 21 heavy (non-hydrogen) atoms. The Balaban J connectivity index is 5.02. The Bertz CT molecular complexity index is 393. The first kappa shape index (κ1) is 20.3. The van der Waals surface area contributed by atoms with Crippen molar-refractivity contribution in [3.63, 3.8) is 0 Å². The van der Waals surface area contributed by atoms with Crippen LogP contribution in [0.25, 0.3) is 0 Å². The van der Waals surface area contributed by atoms with Crippen molar-refractivity contribution in [3.8, 4) is 0 Å². The van der Waals surface area contributed by atoms with Crippen molar-refractivity contribution in [3.05, 3.63) is 10.2 Å². The Morgan fingerprint density at radius 3 is 2.10 bits per heavy atom. The van der Waals surface area contributed by atoms with Crippen LogP contribution in [-0.4, -0.2) is 49.2 Å². The van der Waals surface area contributed by atoms with Gasteiger partial charge in [0.15, 0.2) is 0 Å². The van der Waals surface area contributed by atoms with Crippen molar-refractivity contribution < 1.29 is 19.1 Å². The molecule has 2 atom stereocenters. The van der Waals surface area contributed by atoms with Gasteiger partial charge in [-0.15, -0.1) is 0 Å². The van der Waals surface area contributed by atoms with Crippen LogP contribution in [0.15, 0.2) is 10.2 Å². The number of carbonyl (C=O) groups excluding carboxylic acids is 2. The molecule has 0 saturated heterocycles. The van der Waals surface area contributed by atoms with Gasteiger partial charge in [0.25, 0.3) is 0 Å². The van der Waals surface area contributed by atoms with Crippen LogP contribution < -0.4 is 5.32 Å². The van der Waals surface area contributed by atoms with Gasteiger partial charge in [0.2, 0.25) is 0 Å². The molecule has 0 aromatic heterocycles. The predicted octanol–water partition coefficient (Wildman–Crippen LogP) is 3.12. The molecule has 0 rings (SSSR count). The fourth-order valence-corrected chi connectivity index (χ4v) is 3.75. The minimum atomic E-state index is -2.14. The number of hydrogen-bond acceptors (Lipinski definition) is 4. The molecule has 0 aliphatic rings. The van der Waals surface area contributed by atoms with Gasteiger partial charge in [-0.05, 0) is 0 Å². The Labute approximate surface area is 132 Å². The van der Waals surface area contributed by atoms with Crippen molar-refractivity contribution >= 4 is 30.4 Å². The Morgan fingerprint density at radius 1 is 1.19 bits per heavy atom. The summed E-state index contributed by atoms with van der Waals surface area (Å²) in [5.74, 6) is -0.822. The third kappa shape index (κ3) is 9.76. The fraction of sp³-hybridized carbons (Fsp3) is 0.733. The monoisotopic (exact) mass is 407 g/mol. The maximum absolute atomic E-state index is 11.9. The van der Waals surface area contributed by atoms with E-state index in [-0.39, 0.29) is 5.97 Å². The van der Waals surface area contributed by atoms with E-state index in [1.165, 1.54) is 7.11 Å². The molecule has 0 aromatic rings. The zero-order chi connectivity index (χ0) is 16.8. The Kier molecular flexibility index (Phi) is 7.78. The number of methoxy groups -OCH3 is 1. The summed E-state index contributed by atoms with van der Waals surface area (Å²) < 4.78 is 12.2. The number of ether oxygens (including phenoxy) is 2. The molecule has 0 heterocycles. The second-order valence-corrected chi connectivity index (χ2v) is 21.7. The summed E-state index contributed by atoms with van der Waals surface area (Å²) in [5.41, 5.74) is -0.573. The molecule has 0 aromatic carbocycles. The summed E-state index contributed by atoms with van der Waals surface area (Å²) in [6, 6.07) is -0.428. The van der Waals surface area contributed by atoms with Crippen LogP contribution in [0.1, 0.15) is 27.7 Å². The predicted molar refractivity (Wildman–Crippen MR) is 86.8 cm³/mol. The van der Waals surface area contributed by atoms with Crippen LogP contribution in [0.4, 0.5) is 4.79 Å². The molecule has 0 unspecified atom stereocenters. The third-order valence-electron chi connectivity index (χ3n) is 2.60. The second kappa shape index (κ2) is 8.05. The van der Waals surface area contributed by atoms with Crippen LogP contribution in [-0.2, 0) is 14.3 Å². The first-order valence-electron chi connectivity index (χ1n) is 7.12. The van der Waals surface area contributed by atoms with E-state index in [1.54, 1.807) is 27.7 Å². The van der Waals surface area contributed by atoms with E-state index in [0.717, 1.165) is 0 Å². The van der Waals surface area contributed by atoms with E-state index in [0.29, 0.717) is 0 Å². The molecule has 0 aliphatic carbocycles. The normalized spacial score (nSPS) is 15.4. The Morgan fingerprint density at radius 2 is 1.71 bits per heavy atom. The van der Waals surface area contributed by atoms with Crippen molar-refractivity contribution in [2.24, 2.45) is 5.92 Å². The fourth-order valence-electron chi connectivity index (χ4n) is 1.51. The molecule has 122 valence electrons. The van der Waals surface area contributed by atoms with Crippen molar-refractivity contribution in [2.75, 3.05) is 7.11 Å². The van der Waals surface area contributed by atoms with Crippen LogP contribution >= 0.6 is 0 Å². The van der Waals surface area contributed by atoms with Gasteiger partial charge in [-0.3, -0.25) is 0 Å². The summed E-state index contributed by atoms with van der Waals surface area (Å²) in [5, 5.41) is 2.75. The molecule has 0 radical (unpaired) electrons. The number of rotatable bonds is 5. The summed E-state index contributed by atoms with van der Waals surface area (Å²) in [7, 11) is 1.34. The molecular weight excluding hydrogens is 377 g/mol. The number of hydrogen-bond donors (Lipinski definition) is 1. The van der Waals surface area contributed by atoms with Gasteiger partial charge in [-0.2, -0.15) is 0 Å². The van der Waals surface area contributed by atoms with Gasteiger partial charge in [-0.25, -0.2) is 0 Å². The van der Waals surface area contributed by atoms with E-state index >= 15 is 0 Å². The van der Waals surface area contributed by atoms with Crippen molar-refractivity contribution in [1.29, 1.82) is 0 Å². The molecule has 6 heteroatoms. The van der Waals surface area contributed by atoms with E-state index in [2.05, 4.69) is 24.2 Å². The average Bonchev–Trinajstić information content (AvgIpc) is 2.29. The SMILES string of the molecule is COC(=O)[C@@H](C)[C@H](/C=[CH]/[Sn]([CH3])([CH3])[CH3])NC(=O)OC(C)(C)C. The van der Waals surface area contributed by atoms with E-state index < -0.39 is 42.0 Å². The summed E-state index contributed by atoms with van der Waals surface area (Å²) >= 11 is -2.14. The zero-order valence-corrected chi connectivity index (χ0v) is 17.3. The van der Waals surface area contributed by atoms with Gasteiger partial charge in [0.1, 0.15) is 0 Å². The molecule has 5 nitrogen and oxygen atoms in total. The van der Waals surface area contributed by atoms with Crippen molar-refractivity contribution in [1.82, 2.24) is 5.32 Å². The van der Waals surface area contributed by atoms with Gasteiger partial charge in [0, 0.05) is 0 Å². The molecular formula is C15H29NO4Sn. The second-order valence-electron chi connectivity index (χ2n) is 7.21. The number of esters is 1. The van der Waals surface area contributed by atoms with Crippen LogP contribution in [0.5, 0.6) is 0 Å². The standard InChI is InChI=1S/C12H20NO4.3CH3.Sn/c1-7-9(8(2)10(14)16-6)13-11(15)17-12(3,4)5;;;;/h1,7-9H,2-6H3,(H,13,15);3*1H3;/t8-,9-;;;;/m0..../s1. The third-order valence-corrected chi connectivity index (χ3v) is 6.00. The summed E-state index contributed by atoms with van der Waals surface area (Å²) in [6.45, 7) is 7.13. The van der Waals surface area contributed by atoms with Gasteiger partial charge in [0.05, 0.1) is 0 Å². The minimum absolute atomic E-state index is 0.357. The van der Waals surface area contributed by atoms with Gasteiger partial charge < -0.3 is 0 Å². The average molecular weight is 406 g/mol. The Hall–Kier alpha value is -0.721. The van der Waals surface area contributed by atoms with E-state index in [4.69, 9.17) is 9.47 Å². The quantitative estimate of drug-likeness (QED) is 0.563. The van der Waals surface area contributed by atoms with E-state index in [9.17, 15) is 9.59 Å². The number of amides is 1. The number of nitrogens with one attached hydrogen (secondary N) is 1. The number of carbonyl (C=O) groups is 2. The zero-order valence-electron chi connectivity index (χ0n) is 14.4. The topological polar surface area (TPSA) is 64.6 Å². The summed E-state index contributed by atoms with van der Waals surface area (Å²) in [4.78, 5) is 30.4.